The van der Waals surface area contributed by atoms with Crippen LogP contribution in [0.5, 0.6) is 5.75 Å². The quantitative estimate of drug-likeness (QED) is 0.540. The fraction of sp³-hybridized carbons (Fsp3) is 0.0526. The first-order chi connectivity index (χ1) is 12.8. The SMILES string of the molecule is COc1cccc(Nc2nc3ccncc3c3nc4ccncn4c23)c1. The van der Waals surface area contributed by atoms with Crippen LogP contribution in [0, 0.1) is 0 Å². The van der Waals surface area contributed by atoms with E-state index in [0.29, 0.717) is 5.82 Å². The van der Waals surface area contributed by atoms with Gasteiger partial charge in [-0.3, -0.25) is 9.38 Å². The number of ether oxygens (including phenoxy) is 1. The number of aromatic nitrogens is 5. The molecule has 0 saturated carbocycles. The Balaban J connectivity index is 1.81. The van der Waals surface area contributed by atoms with Crippen LogP contribution in [0.1, 0.15) is 0 Å². The van der Waals surface area contributed by atoms with Gasteiger partial charge in [-0.2, -0.15) is 0 Å². The summed E-state index contributed by atoms with van der Waals surface area (Å²) < 4.78 is 7.24. The van der Waals surface area contributed by atoms with E-state index in [9.17, 15) is 0 Å². The Morgan fingerprint density at radius 2 is 1.96 bits per heavy atom. The maximum absolute atomic E-state index is 5.31. The number of nitrogens with one attached hydrogen (secondary N) is 1. The minimum atomic E-state index is 0.701. The van der Waals surface area contributed by atoms with Crippen LogP contribution < -0.4 is 10.1 Å². The highest BCUT2D eigenvalue weighted by Gasteiger charge is 2.15. The van der Waals surface area contributed by atoms with E-state index in [-0.39, 0.29) is 0 Å². The van der Waals surface area contributed by atoms with E-state index in [4.69, 9.17) is 14.7 Å². The highest BCUT2D eigenvalue weighted by atomic mass is 16.5. The Labute approximate surface area is 148 Å². The third-order valence-electron chi connectivity index (χ3n) is 4.27. The van der Waals surface area contributed by atoms with Gasteiger partial charge in [0.1, 0.15) is 28.8 Å². The van der Waals surface area contributed by atoms with Gasteiger partial charge in [0.2, 0.25) is 0 Å². The molecule has 5 rings (SSSR count). The molecule has 0 aliphatic rings. The van der Waals surface area contributed by atoms with E-state index in [0.717, 1.165) is 39.0 Å². The molecule has 4 heterocycles. The molecule has 0 saturated heterocycles. The van der Waals surface area contributed by atoms with Crippen LogP contribution in [0.2, 0.25) is 0 Å². The van der Waals surface area contributed by atoms with Crippen LogP contribution >= 0.6 is 0 Å². The molecule has 126 valence electrons. The molecular formula is C19H14N6O. The summed E-state index contributed by atoms with van der Waals surface area (Å²) in [7, 11) is 1.65. The van der Waals surface area contributed by atoms with Crippen molar-refractivity contribution < 1.29 is 4.74 Å². The van der Waals surface area contributed by atoms with Crippen LogP contribution in [0.3, 0.4) is 0 Å². The highest BCUT2D eigenvalue weighted by molar-refractivity contribution is 6.08. The van der Waals surface area contributed by atoms with E-state index >= 15 is 0 Å². The first-order valence-corrected chi connectivity index (χ1v) is 8.10. The summed E-state index contributed by atoms with van der Waals surface area (Å²) in [6.45, 7) is 0. The van der Waals surface area contributed by atoms with Gasteiger partial charge < -0.3 is 10.1 Å². The van der Waals surface area contributed by atoms with Gasteiger partial charge >= 0.3 is 0 Å². The van der Waals surface area contributed by atoms with Crippen molar-refractivity contribution in [3.63, 3.8) is 0 Å². The van der Waals surface area contributed by atoms with Crippen molar-refractivity contribution in [3.05, 3.63) is 61.3 Å². The zero-order valence-electron chi connectivity index (χ0n) is 13.9. The largest absolute Gasteiger partial charge is 0.497 e. The third-order valence-corrected chi connectivity index (χ3v) is 4.27. The van der Waals surface area contributed by atoms with Crippen molar-refractivity contribution in [2.75, 3.05) is 12.4 Å². The summed E-state index contributed by atoms with van der Waals surface area (Å²) in [5, 5.41) is 4.30. The summed E-state index contributed by atoms with van der Waals surface area (Å²) in [5.41, 5.74) is 4.21. The molecule has 0 bridgehead atoms. The summed E-state index contributed by atoms with van der Waals surface area (Å²) in [6.07, 6.45) is 6.99. The predicted molar refractivity (Wildman–Crippen MR) is 99.9 cm³/mol. The Kier molecular flexibility index (Phi) is 3.18. The lowest BCUT2D eigenvalue weighted by atomic mass is 10.2. The molecule has 0 unspecified atom stereocenters. The van der Waals surface area contributed by atoms with Crippen molar-refractivity contribution in [3.8, 4) is 5.75 Å². The molecule has 0 aliphatic heterocycles. The second-order valence-electron chi connectivity index (χ2n) is 5.83. The molecule has 5 aromatic rings. The zero-order valence-corrected chi connectivity index (χ0v) is 13.9. The minimum Gasteiger partial charge on any atom is -0.497 e. The molecule has 0 atom stereocenters. The van der Waals surface area contributed by atoms with Gasteiger partial charge in [-0.05, 0) is 24.3 Å². The first kappa shape index (κ1) is 14.6. The Morgan fingerprint density at radius 1 is 1.04 bits per heavy atom. The third kappa shape index (κ3) is 2.21. The minimum absolute atomic E-state index is 0.701. The van der Waals surface area contributed by atoms with Crippen molar-refractivity contribution >= 4 is 39.1 Å². The van der Waals surface area contributed by atoms with Crippen LogP contribution in [0.25, 0.3) is 27.6 Å². The van der Waals surface area contributed by atoms with Crippen LogP contribution in [-0.4, -0.2) is 31.4 Å². The lowest BCUT2D eigenvalue weighted by molar-refractivity contribution is 0.415. The van der Waals surface area contributed by atoms with Crippen LogP contribution in [0.15, 0.2) is 61.3 Å². The number of rotatable bonds is 3. The average Bonchev–Trinajstić information content (AvgIpc) is 3.08. The normalized spacial score (nSPS) is 11.3. The Hall–Kier alpha value is -3.74. The molecule has 26 heavy (non-hydrogen) atoms. The smallest absolute Gasteiger partial charge is 0.157 e. The van der Waals surface area contributed by atoms with Gasteiger partial charge in [-0.1, -0.05) is 6.07 Å². The van der Waals surface area contributed by atoms with E-state index in [2.05, 4.69) is 15.3 Å². The van der Waals surface area contributed by atoms with Gasteiger partial charge in [0.25, 0.3) is 0 Å². The zero-order chi connectivity index (χ0) is 17.5. The van der Waals surface area contributed by atoms with Gasteiger partial charge in [0.15, 0.2) is 5.82 Å². The second kappa shape index (κ2) is 5.66. The van der Waals surface area contributed by atoms with Gasteiger partial charge in [-0.25, -0.2) is 15.0 Å². The Bertz CT molecular complexity index is 1260. The number of pyridine rings is 2. The van der Waals surface area contributed by atoms with E-state index in [1.165, 1.54) is 0 Å². The number of fused-ring (bicyclic) bond motifs is 5. The molecule has 0 aliphatic carbocycles. The van der Waals surface area contributed by atoms with E-state index in [1.54, 1.807) is 32.0 Å². The Morgan fingerprint density at radius 3 is 2.88 bits per heavy atom. The average molecular weight is 342 g/mol. The van der Waals surface area contributed by atoms with Gasteiger partial charge in [-0.15, -0.1) is 0 Å². The summed E-state index contributed by atoms with van der Waals surface area (Å²) >= 11 is 0. The summed E-state index contributed by atoms with van der Waals surface area (Å²) in [6, 6.07) is 11.5. The number of nitrogens with zero attached hydrogens (tertiary/aromatic N) is 5. The number of hydrogen-bond acceptors (Lipinski definition) is 6. The molecule has 1 N–H and O–H groups in total. The van der Waals surface area contributed by atoms with Crippen molar-refractivity contribution in [2.45, 2.75) is 0 Å². The summed E-state index contributed by atoms with van der Waals surface area (Å²) in [5.74, 6) is 1.48. The van der Waals surface area contributed by atoms with Crippen molar-refractivity contribution in [2.24, 2.45) is 0 Å². The van der Waals surface area contributed by atoms with Crippen molar-refractivity contribution in [1.29, 1.82) is 0 Å². The highest BCUT2D eigenvalue weighted by Crippen LogP contribution is 2.31. The molecule has 0 amide bonds. The first-order valence-electron chi connectivity index (χ1n) is 8.10. The predicted octanol–water partition coefficient (Wildman–Crippen LogP) is 3.58. The fourth-order valence-corrected chi connectivity index (χ4v) is 3.08. The van der Waals surface area contributed by atoms with Gasteiger partial charge in [0, 0.05) is 35.7 Å². The molecule has 0 spiro atoms. The lowest BCUT2D eigenvalue weighted by Crippen LogP contribution is -1.98. The molecule has 1 aromatic carbocycles. The van der Waals surface area contributed by atoms with E-state index in [1.807, 2.05) is 40.8 Å². The van der Waals surface area contributed by atoms with Gasteiger partial charge in [0.05, 0.1) is 12.6 Å². The maximum atomic E-state index is 5.31. The topological polar surface area (TPSA) is 77.2 Å². The number of methoxy groups -OCH3 is 1. The van der Waals surface area contributed by atoms with Crippen LogP contribution in [0.4, 0.5) is 11.5 Å². The molecule has 7 nitrogen and oxygen atoms in total. The maximum Gasteiger partial charge on any atom is 0.157 e. The molecular weight excluding hydrogens is 328 g/mol. The molecule has 0 radical (unpaired) electrons. The molecule has 4 aromatic heterocycles. The number of hydrogen-bond donors (Lipinski definition) is 1. The number of imidazole rings is 1. The van der Waals surface area contributed by atoms with Crippen LogP contribution in [-0.2, 0) is 0 Å². The number of anilines is 2. The van der Waals surface area contributed by atoms with Crippen molar-refractivity contribution in [1.82, 2.24) is 24.3 Å². The van der Waals surface area contributed by atoms with E-state index < -0.39 is 0 Å². The fourth-order valence-electron chi connectivity index (χ4n) is 3.08. The standard InChI is InChI=1S/C19H14N6O/c1-26-13-4-2-3-12(9-13)22-19-18-17(14-10-20-7-5-15(14)23-19)24-16-6-8-21-11-25(16)18/h2-11H,1H3,(H,22,23). The lowest BCUT2D eigenvalue weighted by Gasteiger charge is -2.10. The second-order valence-corrected chi connectivity index (χ2v) is 5.83. The molecule has 0 fully saturated rings. The monoisotopic (exact) mass is 342 g/mol. The number of benzene rings is 1. The summed E-state index contributed by atoms with van der Waals surface area (Å²) in [4.78, 5) is 18.0. The molecule has 7 heteroatoms.